The molecule has 0 saturated heterocycles. The minimum atomic E-state index is -0.567. The Hall–Kier alpha value is -2.03. The van der Waals surface area contributed by atoms with Crippen molar-refractivity contribution >= 4 is 23.2 Å². The summed E-state index contributed by atoms with van der Waals surface area (Å²) in [7, 11) is 0. The first kappa shape index (κ1) is 15.0. The summed E-state index contributed by atoms with van der Waals surface area (Å²) in [5, 5.41) is 23.6. The summed E-state index contributed by atoms with van der Waals surface area (Å²) in [6, 6.07) is 8.52. The highest BCUT2D eigenvalue weighted by atomic mass is 35.5. The SMILES string of the molecule is CC(O)CN/C=C(/C#N)C(=O)Nc1ccccc1Cl. The van der Waals surface area contributed by atoms with E-state index >= 15 is 0 Å². The zero-order valence-corrected chi connectivity index (χ0v) is 11.1. The molecular weight excluding hydrogens is 266 g/mol. The molecule has 3 N–H and O–H groups in total. The molecule has 0 aromatic heterocycles. The van der Waals surface area contributed by atoms with E-state index in [1.54, 1.807) is 37.3 Å². The van der Waals surface area contributed by atoms with Gasteiger partial charge in [-0.2, -0.15) is 5.26 Å². The number of hydrogen-bond donors (Lipinski definition) is 3. The van der Waals surface area contributed by atoms with Crippen molar-refractivity contribution in [2.45, 2.75) is 13.0 Å². The quantitative estimate of drug-likeness (QED) is 0.565. The van der Waals surface area contributed by atoms with Crippen LogP contribution in [0.25, 0.3) is 0 Å². The van der Waals surface area contributed by atoms with Crippen LogP contribution in [0.3, 0.4) is 0 Å². The molecule has 0 aliphatic heterocycles. The standard InChI is InChI=1S/C13H14ClN3O2/c1-9(18)7-16-8-10(6-15)13(19)17-12-5-3-2-4-11(12)14/h2-5,8-9,16,18H,7H2,1H3,(H,17,19)/b10-8-. The fourth-order valence-corrected chi connectivity index (χ4v) is 1.42. The monoisotopic (exact) mass is 279 g/mol. The molecule has 0 saturated carbocycles. The average Bonchev–Trinajstić information content (AvgIpc) is 2.37. The highest BCUT2D eigenvalue weighted by molar-refractivity contribution is 6.33. The first-order valence-corrected chi connectivity index (χ1v) is 6.00. The van der Waals surface area contributed by atoms with E-state index in [1.807, 2.05) is 0 Å². The van der Waals surface area contributed by atoms with Crippen LogP contribution in [0.15, 0.2) is 36.0 Å². The summed E-state index contributed by atoms with van der Waals surface area (Å²) in [4.78, 5) is 11.8. The number of nitrogens with one attached hydrogen (secondary N) is 2. The predicted molar refractivity (Wildman–Crippen MR) is 73.5 cm³/mol. The van der Waals surface area contributed by atoms with E-state index in [-0.39, 0.29) is 12.1 Å². The molecule has 1 unspecified atom stereocenters. The molecule has 19 heavy (non-hydrogen) atoms. The number of carbonyl (C=O) groups excluding carboxylic acids is 1. The number of rotatable bonds is 5. The van der Waals surface area contributed by atoms with E-state index < -0.39 is 12.0 Å². The summed E-state index contributed by atoms with van der Waals surface area (Å²) in [5.74, 6) is -0.561. The average molecular weight is 280 g/mol. The van der Waals surface area contributed by atoms with E-state index in [2.05, 4.69) is 10.6 Å². The van der Waals surface area contributed by atoms with Gasteiger partial charge in [-0.1, -0.05) is 23.7 Å². The number of halogens is 1. The molecular formula is C13H14ClN3O2. The van der Waals surface area contributed by atoms with Crippen molar-refractivity contribution in [3.63, 3.8) is 0 Å². The van der Waals surface area contributed by atoms with E-state index in [1.165, 1.54) is 6.20 Å². The van der Waals surface area contributed by atoms with Crippen LogP contribution in [0.1, 0.15) is 6.92 Å². The lowest BCUT2D eigenvalue weighted by Crippen LogP contribution is -2.22. The van der Waals surface area contributed by atoms with Gasteiger partial charge in [0.2, 0.25) is 0 Å². The van der Waals surface area contributed by atoms with Crippen molar-refractivity contribution in [1.82, 2.24) is 5.32 Å². The van der Waals surface area contributed by atoms with Gasteiger partial charge in [-0.05, 0) is 19.1 Å². The highest BCUT2D eigenvalue weighted by Gasteiger charge is 2.10. The van der Waals surface area contributed by atoms with Gasteiger partial charge in [-0.3, -0.25) is 4.79 Å². The van der Waals surface area contributed by atoms with Gasteiger partial charge in [-0.25, -0.2) is 0 Å². The van der Waals surface area contributed by atoms with Crippen molar-refractivity contribution in [1.29, 1.82) is 5.26 Å². The Bertz CT molecular complexity index is 521. The maximum atomic E-state index is 11.8. The minimum absolute atomic E-state index is 0.0967. The third-order valence-electron chi connectivity index (χ3n) is 2.15. The van der Waals surface area contributed by atoms with E-state index in [4.69, 9.17) is 22.0 Å². The molecule has 0 spiro atoms. The Kier molecular flexibility index (Phi) is 5.86. The molecule has 5 nitrogen and oxygen atoms in total. The van der Waals surface area contributed by atoms with Crippen molar-refractivity contribution in [3.05, 3.63) is 41.1 Å². The fraction of sp³-hybridized carbons (Fsp3) is 0.231. The smallest absolute Gasteiger partial charge is 0.267 e. The number of benzene rings is 1. The largest absolute Gasteiger partial charge is 0.392 e. The lowest BCUT2D eigenvalue weighted by molar-refractivity contribution is -0.112. The first-order valence-electron chi connectivity index (χ1n) is 5.62. The van der Waals surface area contributed by atoms with Crippen molar-refractivity contribution in [2.75, 3.05) is 11.9 Å². The minimum Gasteiger partial charge on any atom is -0.392 e. The van der Waals surface area contributed by atoms with Crippen LogP contribution in [-0.4, -0.2) is 23.7 Å². The molecule has 0 bridgehead atoms. The molecule has 100 valence electrons. The molecule has 1 atom stereocenters. The molecule has 1 amide bonds. The van der Waals surface area contributed by atoms with Gasteiger partial charge < -0.3 is 15.7 Å². The van der Waals surface area contributed by atoms with Crippen LogP contribution < -0.4 is 10.6 Å². The number of aliphatic hydroxyl groups excluding tert-OH is 1. The van der Waals surface area contributed by atoms with E-state index in [9.17, 15) is 4.79 Å². The number of anilines is 1. The second-order valence-corrected chi connectivity index (χ2v) is 4.27. The fourth-order valence-electron chi connectivity index (χ4n) is 1.23. The zero-order chi connectivity index (χ0) is 14.3. The number of para-hydroxylation sites is 1. The normalized spacial score (nSPS) is 12.4. The van der Waals surface area contributed by atoms with Crippen molar-refractivity contribution in [2.24, 2.45) is 0 Å². The zero-order valence-electron chi connectivity index (χ0n) is 10.4. The highest BCUT2D eigenvalue weighted by Crippen LogP contribution is 2.20. The summed E-state index contributed by atoms with van der Waals surface area (Å²) in [5.41, 5.74) is 0.339. The summed E-state index contributed by atoms with van der Waals surface area (Å²) in [6.45, 7) is 1.85. The van der Waals surface area contributed by atoms with Gasteiger partial charge in [0, 0.05) is 12.7 Å². The Balaban J connectivity index is 2.70. The number of hydrogen-bond acceptors (Lipinski definition) is 4. The van der Waals surface area contributed by atoms with Crippen LogP contribution in [0, 0.1) is 11.3 Å². The number of carbonyl (C=O) groups is 1. The first-order chi connectivity index (χ1) is 9.04. The van der Waals surface area contributed by atoms with Gasteiger partial charge in [0.05, 0.1) is 16.8 Å². The van der Waals surface area contributed by atoms with Crippen LogP contribution in [0.4, 0.5) is 5.69 Å². The van der Waals surface area contributed by atoms with Crippen molar-refractivity contribution < 1.29 is 9.90 Å². The Morgan fingerprint density at radius 1 is 1.58 bits per heavy atom. The molecule has 0 heterocycles. The second-order valence-electron chi connectivity index (χ2n) is 3.86. The number of nitrogens with zero attached hydrogens (tertiary/aromatic N) is 1. The number of nitriles is 1. The van der Waals surface area contributed by atoms with Crippen LogP contribution >= 0.6 is 11.6 Å². The van der Waals surface area contributed by atoms with Crippen LogP contribution in [0.5, 0.6) is 0 Å². The lowest BCUT2D eigenvalue weighted by atomic mass is 10.2. The molecule has 0 fully saturated rings. The predicted octanol–water partition coefficient (Wildman–Crippen LogP) is 1.66. The number of aliphatic hydroxyl groups is 1. The van der Waals surface area contributed by atoms with E-state index in [0.29, 0.717) is 10.7 Å². The summed E-state index contributed by atoms with van der Waals surface area (Å²) >= 11 is 5.90. The number of amides is 1. The maximum absolute atomic E-state index is 11.8. The molecule has 0 aliphatic carbocycles. The molecule has 1 aromatic carbocycles. The van der Waals surface area contributed by atoms with Gasteiger partial charge >= 0.3 is 0 Å². The maximum Gasteiger partial charge on any atom is 0.267 e. The van der Waals surface area contributed by atoms with Gasteiger partial charge in [-0.15, -0.1) is 0 Å². The second kappa shape index (κ2) is 7.41. The summed E-state index contributed by atoms with van der Waals surface area (Å²) in [6.07, 6.45) is 0.696. The summed E-state index contributed by atoms with van der Waals surface area (Å²) < 4.78 is 0. The lowest BCUT2D eigenvalue weighted by Gasteiger charge is -2.07. The van der Waals surface area contributed by atoms with Crippen LogP contribution in [-0.2, 0) is 4.79 Å². The Labute approximate surface area is 116 Å². The molecule has 6 heteroatoms. The molecule has 1 aromatic rings. The van der Waals surface area contributed by atoms with E-state index in [0.717, 1.165) is 0 Å². The van der Waals surface area contributed by atoms with Crippen molar-refractivity contribution in [3.8, 4) is 6.07 Å². The third kappa shape index (κ3) is 5.00. The molecule has 1 rings (SSSR count). The molecule has 0 aliphatic rings. The Morgan fingerprint density at radius 3 is 2.84 bits per heavy atom. The van der Waals surface area contributed by atoms with Gasteiger partial charge in [0.15, 0.2) is 0 Å². The topological polar surface area (TPSA) is 85.2 Å². The van der Waals surface area contributed by atoms with Gasteiger partial charge in [0.25, 0.3) is 5.91 Å². The Morgan fingerprint density at radius 2 is 2.26 bits per heavy atom. The third-order valence-corrected chi connectivity index (χ3v) is 2.48. The van der Waals surface area contributed by atoms with Gasteiger partial charge in [0.1, 0.15) is 11.6 Å². The molecule has 0 radical (unpaired) electrons. The van der Waals surface area contributed by atoms with Crippen LogP contribution in [0.2, 0.25) is 5.02 Å².